The van der Waals surface area contributed by atoms with E-state index in [4.69, 9.17) is 5.73 Å². The van der Waals surface area contributed by atoms with Gasteiger partial charge in [-0.1, -0.05) is 13.8 Å². The highest BCUT2D eigenvalue weighted by Gasteiger charge is 2.48. The number of imidazole rings is 1. The molecule has 1 aliphatic carbocycles. The smallest absolute Gasteiger partial charge is 0.127 e. The molecule has 14 heavy (non-hydrogen) atoms. The Kier molecular flexibility index (Phi) is 2.43. The van der Waals surface area contributed by atoms with Crippen molar-refractivity contribution in [1.82, 2.24) is 9.97 Å². The van der Waals surface area contributed by atoms with E-state index in [9.17, 15) is 0 Å². The zero-order valence-electron chi connectivity index (χ0n) is 8.60. The van der Waals surface area contributed by atoms with Crippen LogP contribution in [0.25, 0.3) is 0 Å². The quantitative estimate of drug-likeness (QED) is 0.873. The molecule has 1 aromatic rings. The minimum absolute atomic E-state index is 0.428. The molecule has 0 aliphatic heterocycles. The molecule has 1 aromatic heterocycles. The molecular formula is C10H16BrN3. The van der Waals surface area contributed by atoms with Crippen molar-refractivity contribution in [2.75, 3.05) is 6.54 Å². The van der Waals surface area contributed by atoms with Gasteiger partial charge in [-0.3, -0.25) is 0 Å². The summed E-state index contributed by atoms with van der Waals surface area (Å²) in [5, 5.41) is 0. The van der Waals surface area contributed by atoms with Crippen LogP contribution in [0.15, 0.2) is 4.60 Å². The summed E-state index contributed by atoms with van der Waals surface area (Å²) in [7, 11) is 0. The predicted octanol–water partition coefficient (Wildman–Crippen LogP) is 2.19. The molecule has 1 fully saturated rings. The molecule has 3 N–H and O–H groups in total. The van der Waals surface area contributed by atoms with Crippen LogP contribution in [-0.2, 0) is 6.42 Å². The third-order valence-corrected chi connectivity index (χ3v) is 3.64. The second-order valence-corrected chi connectivity index (χ2v) is 5.43. The van der Waals surface area contributed by atoms with Crippen molar-refractivity contribution >= 4 is 15.9 Å². The average Bonchev–Trinajstić information content (AvgIpc) is 2.57. The van der Waals surface area contributed by atoms with E-state index in [1.807, 2.05) is 0 Å². The molecule has 2 rings (SSSR count). The van der Waals surface area contributed by atoms with Crippen LogP contribution in [0.2, 0.25) is 0 Å². The van der Waals surface area contributed by atoms with Crippen LogP contribution >= 0.6 is 15.9 Å². The molecule has 0 saturated heterocycles. The van der Waals surface area contributed by atoms with Crippen molar-refractivity contribution in [3.05, 3.63) is 16.1 Å². The number of nitrogens with one attached hydrogen (secondary N) is 1. The molecule has 3 nitrogen and oxygen atoms in total. The van der Waals surface area contributed by atoms with Crippen molar-refractivity contribution < 1.29 is 0 Å². The van der Waals surface area contributed by atoms with E-state index in [0.29, 0.717) is 17.9 Å². The summed E-state index contributed by atoms with van der Waals surface area (Å²) < 4.78 is 0.931. The van der Waals surface area contributed by atoms with Crippen LogP contribution < -0.4 is 5.73 Å². The molecule has 1 heterocycles. The number of nitrogens with zero attached hydrogens (tertiary/aromatic N) is 1. The lowest BCUT2D eigenvalue weighted by Gasteiger charge is -1.98. The van der Waals surface area contributed by atoms with E-state index in [2.05, 4.69) is 39.7 Å². The van der Waals surface area contributed by atoms with Crippen LogP contribution in [0.5, 0.6) is 0 Å². The van der Waals surface area contributed by atoms with E-state index < -0.39 is 0 Å². The van der Waals surface area contributed by atoms with Crippen LogP contribution in [0, 0.1) is 5.41 Å². The number of hydrogen-bond acceptors (Lipinski definition) is 2. The van der Waals surface area contributed by atoms with Crippen molar-refractivity contribution in [1.29, 1.82) is 0 Å². The van der Waals surface area contributed by atoms with Gasteiger partial charge in [-0.2, -0.15) is 0 Å². The predicted molar refractivity (Wildman–Crippen MR) is 60.2 cm³/mol. The number of rotatable bonds is 3. The number of halogens is 1. The van der Waals surface area contributed by atoms with E-state index in [-0.39, 0.29) is 0 Å². The van der Waals surface area contributed by atoms with Crippen LogP contribution in [0.4, 0.5) is 0 Å². The van der Waals surface area contributed by atoms with Gasteiger partial charge in [-0.15, -0.1) is 0 Å². The summed E-state index contributed by atoms with van der Waals surface area (Å²) in [6, 6.07) is 0. The largest absolute Gasteiger partial charge is 0.345 e. The fourth-order valence-corrected chi connectivity index (χ4v) is 2.30. The Morgan fingerprint density at radius 1 is 1.64 bits per heavy atom. The molecule has 4 heteroatoms. The van der Waals surface area contributed by atoms with Gasteiger partial charge in [0.05, 0.1) is 5.69 Å². The first-order valence-corrected chi connectivity index (χ1v) is 5.78. The molecule has 78 valence electrons. The molecule has 1 aliphatic rings. The number of aromatic nitrogens is 2. The first-order valence-electron chi connectivity index (χ1n) is 4.99. The second-order valence-electron chi connectivity index (χ2n) is 4.68. The van der Waals surface area contributed by atoms with E-state index >= 15 is 0 Å². The van der Waals surface area contributed by atoms with Gasteiger partial charge in [0.15, 0.2) is 0 Å². The monoisotopic (exact) mass is 257 g/mol. The third-order valence-electron chi connectivity index (χ3n) is 2.98. The van der Waals surface area contributed by atoms with Gasteiger partial charge in [0, 0.05) is 12.3 Å². The summed E-state index contributed by atoms with van der Waals surface area (Å²) in [6.45, 7) is 5.21. The van der Waals surface area contributed by atoms with Gasteiger partial charge in [-0.05, 0) is 34.3 Å². The fraction of sp³-hybridized carbons (Fsp3) is 0.700. The van der Waals surface area contributed by atoms with Crippen molar-refractivity contribution in [3.63, 3.8) is 0 Å². The zero-order valence-corrected chi connectivity index (χ0v) is 10.2. The van der Waals surface area contributed by atoms with Gasteiger partial charge >= 0.3 is 0 Å². The number of hydrogen-bond donors (Lipinski definition) is 2. The molecule has 0 spiro atoms. The minimum Gasteiger partial charge on any atom is -0.345 e. The van der Waals surface area contributed by atoms with Gasteiger partial charge in [0.25, 0.3) is 0 Å². The maximum absolute atomic E-state index is 5.52. The second kappa shape index (κ2) is 3.35. The first kappa shape index (κ1) is 10.2. The molecule has 0 aromatic carbocycles. The zero-order chi connectivity index (χ0) is 10.3. The van der Waals surface area contributed by atoms with Crippen molar-refractivity contribution in [3.8, 4) is 0 Å². The summed E-state index contributed by atoms with van der Waals surface area (Å²) in [5.41, 5.74) is 7.07. The first-order chi connectivity index (χ1) is 6.54. The average molecular weight is 258 g/mol. The van der Waals surface area contributed by atoms with Gasteiger partial charge in [0.1, 0.15) is 10.4 Å². The SMILES string of the molecule is CC1(C)CC1c1nc(Br)c(CCN)[nH]1. The number of H-pyrrole nitrogens is 1. The molecule has 0 bridgehead atoms. The summed E-state index contributed by atoms with van der Waals surface area (Å²) in [4.78, 5) is 7.85. The Hall–Kier alpha value is -0.350. The van der Waals surface area contributed by atoms with Crippen LogP contribution in [0.1, 0.15) is 37.7 Å². The Morgan fingerprint density at radius 3 is 2.79 bits per heavy atom. The molecule has 1 saturated carbocycles. The Labute approximate surface area is 92.6 Å². The van der Waals surface area contributed by atoms with Gasteiger partial charge in [-0.25, -0.2) is 4.98 Å². The summed E-state index contributed by atoms with van der Waals surface area (Å²) >= 11 is 3.45. The van der Waals surface area contributed by atoms with Gasteiger partial charge in [0.2, 0.25) is 0 Å². The lowest BCUT2D eigenvalue weighted by molar-refractivity contribution is 0.610. The van der Waals surface area contributed by atoms with E-state index in [1.165, 1.54) is 6.42 Å². The Bertz CT molecular complexity index is 343. The van der Waals surface area contributed by atoms with E-state index in [1.54, 1.807) is 0 Å². The standard InChI is InChI=1S/C10H16BrN3/c1-10(2)5-6(10)9-13-7(3-4-12)8(11)14-9/h6H,3-5,12H2,1-2H3,(H,13,14). The maximum Gasteiger partial charge on any atom is 0.127 e. The molecular weight excluding hydrogens is 242 g/mol. The Morgan fingerprint density at radius 2 is 2.29 bits per heavy atom. The lowest BCUT2D eigenvalue weighted by Crippen LogP contribution is -2.03. The highest BCUT2D eigenvalue weighted by atomic mass is 79.9. The Balaban J connectivity index is 2.17. The minimum atomic E-state index is 0.428. The van der Waals surface area contributed by atoms with Crippen LogP contribution in [0.3, 0.4) is 0 Å². The lowest BCUT2D eigenvalue weighted by atomic mass is 10.1. The summed E-state index contributed by atoms with van der Waals surface area (Å²) in [5.74, 6) is 1.72. The molecule has 1 unspecified atom stereocenters. The number of aromatic amines is 1. The fourth-order valence-electron chi connectivity index (χ4n) is 1.82. The number of nitrogens with two attached hydrogens (primary N) is 1. The van der Waals surface area contributed by atoms with Gasteiger partial charge < -0.3 is 10.7 Å². The van der Waals surface area contributed by atoms with Crippen molar-refractivity contribution in [2.24, 2.45) is 11.1 Å². The van der Waals surface area contributed by atoms with E-state index in [0.717, 1.165) is 22.5 Å². The third kappa shape index (κ3) is 1.73. The topological polar surface area (TPSA) is 54.7 Å². The maximum atomic E-state index is 5.52. The highest BCUT2D eigenvalue weighted by molar-refractivity contribution is 9.10. The van der Waals surface area contributed by atoms with Crippen LogP contribution in [-0.4, -0.2) is 16.5 Å². The molecule has 0 radical (unpaired) electrons. The van der Waals surface area contributed by atoms with Crippen molar-refractivity contribution in [2.45, 2.75) is 32.6 Å². The highest BCUT2D eigenvalue weighted by Crippen LogP contribution is 2.57. The molecule has 1 atom stereocenters. The summed E-state index contributed by atoms with van der Waals surface area (Å²) in [6.07, 6.45) is 2.09. The normalized spacial score (nSPS) is 23.9. The molecule has 0 amide bonds.